The Bertz CT molecular complexity index is 1100. The van der Waals surface area contributed by atoms with Gasteiger partial charge in [0.05, 0.1) is 36.7 Å². The molecule has 1 aliphatic heterocycles. The van der Waals surface area contributed by atoms with E-state index >= 15 is 0 Å². The van der Waals surface area contributed by atoms with E-state index in [1.807, 2.05) is 56.9 Å². The number of carbonyl (C=O) groups is 2. The van der Waals surface area contributed by atoms with Crippen LogP contribution in [0.4, 0.5) is 4.79 Å². The van der Waals surface area contributed by atoms with Crippen molar-refractivity contribution in [3.63, 3.8) is 0 Å². The lowest BCUT2D eigenvalue weighted by molar-refractivity contribution is -0.152. The maximum atomic E-state index is 13.8. The summed E-state index contributed by atoms with van der Waals surface area (Å²) >= 11 is 0. The highest BCUT2D eigenvalue weighted by Gasteiger charge is 2.42. The topological polar surface area (TPSA) is 103 Å². The zero-order chi connectivity index (χ0) is 26.6. The first kappa shape index (κ1) is 27.1. The molecule has 1 aliphatic carbocycles. The van der Waals surface area contributed by atoms with Crippen molar-refractivity contribution >= 4 is 22.9 Å². The van der Waals surface area contributed by atoms with Gasteiger partial charge in [-0.05, 0) is 52.7 Å². The standard InChI is InChI=1S/C27H38N4O6/c1-18(23-28-21-10-7-6-9-20(21)24(29-23)36-15-8-14-34-5)31(19-11-12-19)25(32)22-17-30(13-16-35-22)26(33)37-27(2,3)4/h6-7,9-10,18-19,22H,8,11-17H2,1-5H3/t18-,22+/m0/s1. The van der Waals surface area contributed by atoms with Gasteiger partial charge in [0.25, 0.3) is 5.91 Å². The van der Waals surface area contributed by atoms with E-state index in [0.29, 0.717) is 31.5 Å². The van der Waals surface area contributed by atoms with Crippen LogP contribution in [0.15, 0.2) is 24.3 Å². The van der Waals surface area contributed by atoms with Crippen molar-refractivity contribution in [1.29, 1.82) is 0 Å². The minimum absolute atomic E-state index is 0.0872. The number of carbonyl (C=O) groups excluding carboxylic acids is 2. The summed E-state index contributed by atoms with van der Waals surface area (Å²) in [6, 6.07) is 7.38. The highest BCUT2D eigenvalue weighted by atomic mass is 16.6. The predicted molar refractivity (Wildman–Crippen MR) is 137 cm³/mol. The number of aromatic nitrogens is 2. The van der Waals surface area contributed by atoms with Gasteiger partial charge in [0.15, 0.2) is 11.9 Å². The summed E-state index contributed by atoms with van der Waals surface area (Å²) in [4.78, 5) is 39.3. The number of morpholine rings is 1. The first-order valence-electron chi connectivity index (χ1n) is 13.0. The smallest absolute Gasteiger partial charge is 0.410 e. The number of hydrogen-bond acceptors (Lipinski definition) is 8. The molecule has 2 aliphatic rings. The van der Waals surface area contributed by atoms with Gasteiger partial charge in [0.2, 0.25) is 5.88 Å². The Hall–Kier alpha value is -2.98. The van der Waals surface area contributed by atoms with E-state index in [1.165, 1.54) is 0 Å². The third-order valence-electron chi connectivity index (χ3n) is 6.30. The van der Waals surface area contributed by atoms with Gasteiger partial charge in [-0.1, -0.05) is 12.1 Å². The fourth-order valence-corrected chi connectivity index (χ4v) is 4.36. The van der Waals surface area contributed by atoms with E-state index in [0.717, 1.165) is 30.2 Å². The zero-order valence-corrected chi connectivity index (χ0v) is 22.4. The zero-order valence-electron chi connectivity index (χ0n) is 22.4. The third kappa shape index (κ3) is 6.87. The van der Waals surface area contributed by atoms with Crippen molar-refractivity contribution in [3.05, 3.63) is 30.1 Å². The van der Waals surface area contributed by atoms with E-state index in [1.54, 1.807) is 12.0 Å². The lowest BCUT2D eigenvalue weighted by Crippen LogP contribution is -2.54. The highest BCUT2D eigenvalue weighted by molar-refractivity contribution is 5.84. The molecule has 2 amide bonds. The molecule has 0 N–H and O–H groups in total. The predicted octanol–water partition coefficient (Wildman–Crippen LogP) is 3.73. The Morgan fingerprint density at radius 2 is 1.95 bits per heavy atom. The van der Waals surface area contributed by atoms with Crippen LogP contribution in [0.5, 0.6) is 5.88 Å². The summed E-state index contributed by atoms with van der Waals surface area (Å²) in [6.07, 6.45) is 1.35. The average molecular weight is 515 g/mol. The fraction of sp³-hybridized carbons (Fsp3) is 0.630. The molecule has 4 rings (SSSR count). The highest BCUT2D eigenvalue weighted by Crippen LogP contribution is 2.36. The van der Waals surface area contributed by atoms with E-state index in [4.69, 9.17) is 28.9 Å². The second-order valence-corrected chi connectivity index (χ2v) is 10.5. The van der Waals surface area contributed by atoms with Gasteiger partial charge < -0.3 is 28.7 Å². The van der Waals surface area contributed by atoms with Crippen LogP contribution in [-0.2, 0) is 19.0 Å². The van der Waals surface area contributed by atoms with Crippen LogP contribution >= 0.6 is 0 Å². The lowest BCUT2D eigenvalue weighted by Gasteiger charge is -2.37. The van der Waals surface area contributed by atoms with Gasteiger partial charge in [-0.2, -0.15) is 4.98 Å². The van der Waals surface area contributed by atoms with Gasteiger partial charge in [-0.3, -0.25) is 4.79 Å². The van der Waals surface area contributed by atoms with Crippen molar-refractivity contribution in [1.82, 2.24) is 19.8 Å². The molecule has 202 valence electrons. The molecule has 10 heteroatoms. The fourth-order valence-electron chi connectivity index (χ4n) is 4.36. The summed E-state index contributed by atoms with van der Waals surface area (Å²) < 4.78 is 22.5. The molecule has 10 nitrogen and oxygen atoms in total. The second kappa shape index (κ2) is 11.6. The maximum Gasteiger partial charge on any atom is 0.410 e. The Morgan fingerprint density at radius 3 is 2.65 bits per heavy atom. The largest absolute Gasteiger partial charge is 0.477 e. The Labute approximate surface area is 218 Å². The molecule has 2 atom stereocenters. The van der Waals surface area contributed by atoms with Gasteiger partial charge >= 0.3 is 6.09 Å². The molecule has 2 heterocycles. The molecular formula is C27H38N4O6. The van der Waals surface area contributed by atoms with Crippen molar-refractivity contribution in [2.24, 2.45) is 0 Å². The quantitative estimate of drug-likeness (QED) is 0.467. The molecule has 0 spiro atoms. The Kier molecular flexibility index (Phi) is 8.49. The molecule has 1 aromatic heterocycles. The van der Waals surface area contributed by atoms with Gasteiger partial charge in [-0.25, -0.2) is 9.78 Å². The van der Waals surface area contributed by atoms with E-state index in [2.05, 4.69) is 0 Å². The van der Waals surface area contributed by atoms with Gasteiger partial charge in [0.1, 0.15) is 5.60 Å². The number of nitrogens with zero attached hydrogens (tertiary/aromatic N) is 4. The molecule has 0 bridgehead atoms. The SMILES string of the molecule is COCCCOc1nc([C@H](C)N(C(=O)[C@H]2CN(C(=O)OC(C)(C)C)CCO2)C2CC2)nc2ccccc12. The number of ether oxygens (including phenoxy) is 4. The Balaban J connectivity index is 1.54. The number of para-hydroxylation sites is 1. The molecule has 1 aromatic carbocycles. The summed E-state index contributed by atoms with van der Waals surface area (Å²) in [7, 11) is 1.66. The van der Waals surface area contributed by atoms with E-state index in [-0.39, 0.29) is 25.1 Å². The molecule has 0 radical (unpaired) electrons. The van der Waals surface area contributed by atoms with Crippen molar-refractivity contribution < 1.29 is 28.5 Å². The molecule has 2 aromatic rings. The maximum absolute atomic E-state index is 13.8. The minimum Gasteiger partial charge on any atom is -0.477 e. The lowest BCUT2D eigenvalue weighted by atomic mass is 10.1. The Morgan fingerprint density at radius 1 is 1.19 bits per heavy atom. The first-order valence-corrected chi connectivity index (χ1v) is 13.0. The van der Waals surface area contributed by atoms with E-state index in [9.17, 15) is 9.59 Å². The second-order valence-electron chi connectivity index (χ2n) is 10.5. The van der Waals surface area contributed by atoms with Gasteiger partial charge in [0, 0.05) is 32.7 Å². The number of methoxy groups -OCH3 is 1. The van der Waals surface area contributed by atoms with Crippen LogP contribution in [0, 0.1) is 0 Å². The number of amides is 2. The first-order chi connectivity index (χ1) is 17.7. The average Bonchev–Trinajstić information content (AvgIpc) is 3.70. The number of benzene rings is 1. The molecule has 2 fully saturated rings. The third-order valence-corrected chi connectivity index (χ3v) is 6.30. The molecule has 37 heavy (non-hydrogen) atoms. The van der Waals surface area contributed by atoms with Crippen LogP contribution in [0.2, 0.25) is 0 Å². The van der Waals surface area contributed by atoms with E-state index < -0.39 is 23.8 Å². The summed E-state index contributed by atoms with van der Waals surface area (Å²) in [5.74, 6) is 0.847. The van der Waals surface area contributed by atoms with Crippen LogP contribution in [-0.4, -0.2) is 89.5 Å². The molecule has 1 saturated carbocycles. The number of hydrogen-bond donors (Lipinski definition) is 0. The molecule has 0 unspecified atom stereocenters. The van der Waals surface area contributed by atoms with Crippen LogP contribution in [0.1, 0.15) is 58.8 Å². The van der Waals surface area contributed by atoms with Crippen LogP contribution in [0.3, 0.4) is 0 Å². The van der Waals surface area contributed by atoms with Crippen LogP contribution < -0.4 is 4.74 Å². The molecular weight excluding hydrogens is 476 g/mol. The van der Waals surface area contributed by atoms with Crippen molar-refractivity contribution in [2.75, 3.05) is 40.0 Å². The number of fused-ring (bicyclic) bond motifs is 1. The molecule has 1 saturated heterocycles. The number of rotatable bonds is 9. The summed E-state index contributed by atoms with van der Waals surface area (Å²) in [5, 5.41) is 0.823. The minimum atomic E-state index is -0.769. The van der Waals surface area contributed by atoms with Crippen molar-refractivity contribution in [2.45, 2.75) is 70.7 Å². The summed E-state index contributed by atoms with van der Waals surface area (Å²) in [6.45, 7) is 9.27. The van der Waals surface area contributed by atoms with Crippen LogP contribution in [0.25, 0.3) is 10.9 Å². The summed E-state index contributed by atoms with van der Waals surface area (Å²) in [5.41, 5.74) is 0.148. The van der Waals surface area contributed by atoms with Gasteiger partial charge in [-0.15, -0.1) is 0 Å². The van der Waals surface area contributed by atoms with Crippen molar-refractivity contribution in [3.8, 4) is 5.88 Å². The normalized spacial score (nSPS) is 18.9. The monoisotopic (exact) mass is 514 g/mol.